The Morgan fingerprint density at radius 2 is 1.13 bits per heavy atom. The van der Waals surface area contributed by atoms with Crippen molar-refractivity contribution in [2.24, 2.45) is 0 Å². The summed E-state index contributed by atoms with van der Waals surface area (Å²) >= 11 is 0. The van der Waals surface area contributed by atoms with E-state index in [1.807, 2.05) is 24.5 Å². The molecule has 0 radical (unpaired) electrons. The van der Waals surface area contributed by atoms with E-state index in [0.717, 1.165) is 33.1 Å². The second kappa shape index (κ2) is 9.51. The van der Waals surface area contributed by atoms with E-state index in [1.165, 1.54) is 60.1 Å². The van der Waals surface area contributed by atoms with E-state index < -0.39 is 0 Å². The normalized spacial score (nSPS) is 12.3. The van der Waals surface area contributed by atoms with Crippen molar-refractivity contribution in [2.45, 2.75) is 26.2 Å². The standard InChI is InChI=1S/C43H31NO/c1-43(2,3)31-23-29-14-16-34-37(26-18-20-44-21-19-26)25-38(35-17-15-30(24-31)40(29)41(34)35)28-9-6-8-27(22-28)32-11-7-12-36-33-10-4-5-13-39(33)45-42(32)36/h4-25H,1-3H3. The van der Waals surface area contributed by atoms with E-state index in [2.05, 4.69) is 135 Å². The van der Waals surface area contributed by atoms with Gasteiger partial charge >= 0.3 is 0 Å². The van der Waals surface area contributed by atoms with E-state index in [1.54, 1.807) is 0 Å². The topological polar surface area (TPSA) is 26.0 Å². The highest BCUT2D eigenvalue weighted by Crippen LogP contribution is 2.46. The van der Waals surface area contributed by atoms with Crippen LogP contribution in [0.2, 0.25) is 0 Å². The van der Waals surface area contributed by atoms with Gasteiger partial charge in [0.2, 0.25) is 0 Å². The molecule has 45 heavy (non-hydrogen) atoms. The van der Waals surface area contributed by atoms with Gasteiger partial charge in [-0.3, -0.25) is 4.98 Å². The van der Waals surface area contributed by atoms with Crippen LogP contribution in [0.15, 0.2) is 138 Å². The summed E-state index contributed by atoms with van der Waals surface area (Å²) in [6.07, 6.45) is 3.77. The third-order valence-corrected chi connectivity index (χ3v) is 9.46. The van der Waals surface area contributed by atoms with Gasteiger partial charge in [0.25, 0.3) is 0 Å². The van der Waals surface area contributed by atoms with Gasteiger partial charge in [0, 0.05) is 28.7 Å². The highest BCUT2D eigenvalue weighted by molar-refractivity contribution is 6.28. The second-order valence-electron chi connectivity index (χ2n) is 13.2. The number of para-hydroxylation sites is 2. The molecule has 0 spiro atoms. The van der Waals surface area contributed by atoms with Gasteiger partial charge in [0.1, 0.15) is 11.2 Å². The number of hydrogen-bond donors (Lipinski definition) is 0. The summed E-state index contributed by atoms with van der Waals surface area (Å²) in [6, 6.07) is 44.3. The van der Waals surface area contributed by atoms with Crippen LogP contribution in [0, 0.1) is 0 Å². The van der Waals surface area contributed by atoms with E-state index in [0.29, 0.717) is 0 Å². The molecule has 0 aliphatic carbocycles. The molecule has 0 fully saturated rings. The zero-order valence-electron chi connectivity index (χ0n) is 25.6. The molecule has 2 nitrogen and oxygen atoms in total. The summed E-state index contributed by atoms with van der Waals surface area (Å²) in [4.78, 5) is 4.32. The van der Waals surface area contributed by atoms with Crippen LogP contribution in [0.5, 0.6) is 0 Å². The lowest BCUT2D eigenvalue weighted by Crippen LogP contribution is -2.10. The molecule has 0 amide bonds. The van der Waals surface area contributed by atoms with Gasteiger partial charge in [0.05, 0.1) is 0 Å². The molecule has 0 unspecified atom stereocenters. The van der Waals surface area contributed by atoms with Crippen molar-refractivity contribution < 1.29 is 4.42 Å². The summed E-state index contributed by atoms with van der Waals surface area (Å²) in [7, 11) is 0. The highest BCUT2D eigenvalue weighted by atomic mass is 16.3. The monoisotopic (exact) mass is 577 g/mol. The Balaban J connectivity index is 1.33. The van der Waals surface area contributed by atoms with Gasteiger partial charge in [-0.05, 0) is 101 Å². The van der Waals surface area contributed by atoms with Crippen molar-refractivity contribution in [3.63, 3.8) is 0 Å². The van der Waals surface area contributed by atoms with Crippen LogP contribution >= 0.6 is 0 Å². The van der Waals surface area contributed by atoms with E-state index in [-0.39, 0.29) is 5.41 Å². The second-order valence-corrected chi connectivity index (χ2v) is 13.2. The average molecular weight is 578 g/mol. The Morgan fingerprint density at radius 3 is 1.87 bits per heavy atom. The summed E-state index contributed by atoms with van der Waals surface area (Å²) in [5.74, 6) is 0. The number of furan rings is 1. The van der Waals surface area contributed by atoms with Crippen LogP contribution in [0.4, 0.5) is 0 Å². The summed E-state index contributed by atoms with van der Waals surface area (Å²) in [5, 5.41) is 10.1. The van der Waals surface area contributed by atoms with Gasteiger partial charge in [-0.25, -0.2) is 0 Å². The molecule has 0 bridgehead atoms. The molecule has 9 rings (SSSR count). The fourth-order valence-electron chi connectivity index (χ4n) is 7.19. The van der Waals surface area contributed by atoms with E-state index >= 15 is 0 Å². The van der Waals surface area contributed by atoms with Crippen molar-refractivity contribution >= 4 is 54.3 Å². The number of nitrogens with zero attached hydrogens (tertiary/aromatic N) is 1. The largest absolute Gasteiger partial charge is 0.455 e. The lowest BCUT2D eigenvalue weighted by atomic mass is 9.81. The molecule has 0 aliphatic rings. The van der Waals surface area contributed by atoms with Crippen LogP contribution in [-0.4, -0.2) is 4.98 Å². The minimum absolute atomic E-state index is 0.0704. The first-order valence-corrected chi connectivity index (χ1v) is 15.6. The van der Waals surface area contributed by atoms with Crippen LogP contribution in [-0.2, 0) is 5.41 Å². The Hall–Kier alpha value is -5.47. The number of benzene rings is 7. The molecule has 214 valence electrons. The average Bonchev–Trinajstić information content (AvgIpc) is 3.46. The molecule has 0 saturated carbocycles. The van der Waals surface area contributed by atoms with Crippen molar-refractivity contribution in [3.05, 3.63) is 139 Å². The first kappa shape index (κ1) is 26.0. The minimum atomic E-state index is 0.0704. The Labute approximate surface area is 261 Å². The van der Waals surface area contributed by atoms with Crippen molar-refractivity contribution in [2.75, 3.05) is 0 Å². The maximum absolute atomic E-state index is 6.44. The van der Waals surface area contributed by atoms with Gasteiger partial charge in [-0.15, -0.1) is 0 Å². The van der Waals surface area contributed by atoms with Crippen LogP contribution in [0.1, 0.15) is 26.3 Å². The minimum Gasteiger partial charge on any atom is -0.455 e. The van der Waals surface area contributed by atoms with Crippen molar-refractivity contribution in [1.82, 2.24) is 4.98 Å². The summed E-state index contributed by atoms with van der Waals surface area (Å²) in [5.41, 5.74) is 10.3. The number of pyridine rings is 1. The lowest BCUT2D eigenvalue weighted by Gasteiger charge is -2.23. The van der Waals surface area contributed by atoms with Gasteiger partial charge in [0.15, 0.2) is 0 Å². The molecule has 2 heterocycles. The molecule has 9 aromatic rings. The first-order chi connectivity index (χ1) is 21.9. The van der Waals surface area contributed by atoms with E-state index in [9.17, 15) is 0 Å². The SMILES string of the molecule is CC(C)(C)c1cc2ccc3c(-c4ccncc4)cc(-c4cccc(-c5cccc6c5oc5ccccc56)c4)c4ccc(c1)c2c34. The maximum Gasteiger partial charge on any atom is 0.143 e. The summed E-state index contributed by atoms with van der Waals surface area (Å²) < 4.78 is 6.44. The highest BCUT2D eigenvalue weighted by Gasteiger charge is 2.21. The smallest absolute Gasteiger partial charge is 0.143 e. The third kappa shape index (κ3) is 3.99. The van der Waals surface area contributed by atoms with Gasteiger partial charge < -0.3 is 4.42 Å². The van der Waals surface area contributed by atoms with Crippen molar-refractivity contribution in [1.29, 1.82) is 0 Å². The molecule has 0 saturated heterocycles. The van der Waals surface area contributed by atoms with Gasteiger partial charge in [-0.2, -0.15) is 0 Å². The van der Waals surface area contributed by atoms with Crippen molar-refractivity contribution in [3.8, 4) is 33.4 Å². The van der Waals surface area contributed by atoms with Gasteiger partial charge in [-0.1, -0.05) is 112 Å². The quantitative estimate of drug-likeness (QED) is 0.195. The molecule has 7 aromatic carbocycles. The van der Waals surface area contributed by atoms with Crippen LogP contribution < -0.4 is 0 Å². The van der Waals surface area contributed by atoms with E-state index in [4.69, 9.17) is 4.42 Å². The van der Waals surface area contributed by atoms with Crippen LogP contribution in [0.3, 0.4) is 0 Å². The molecule has 2 aromatic heterocycles. The lowest BCUT2D eigenvalue weighted by molar-refractivity contribution is 0.591. The Bertz CT molecular complexity index is 2550. The Morgan fingerprint density at radius 1 is 0.489 bits per heavy atom. The molecule has 0 aliphatic heterocycles. The molecule has 0 atom stereocenters. The summed E-state index contributed by atoms with van der Waals surface area (Å²) in [6.45, 7) is 6.87. The predicted molar refractivity (Wildman–Crippen MR) is 190 cm³/mol. The predicted octanol–water partition coefficient (Wildman–Crippen LogP) is 12.2. The number of hydrogen-bond acceptors (Lipinski definition) is 2. The number of aromatic nitrogens is 1. The molecular formula is C43H31NO. The molecule has 0 N–H and O–H groups in total. The Kier molecular flexibility index (Phi) is 5.49. The number of rotatable bonds is 3. The fourth-order valence-corrected chi connectivity index (χ4v) is 7.19. The maximum atomic E-state index is 6.44. The fraction of sp³-hybridized carbons (Fsp3) is 0.0930. The zero-order chi connectivity index (χ0) is 30.3. The zero-order valence-corrected chi connectivity index (χ0v) is 25.6. The molecular weight excluding hydrogens is 546 g/mol. The first-order valence-electron chi connectivity index (χ1n) is 15.6. The van der Waals surface area contributed by atoms with Crippen LogP contribution in [0.25, 0.3) is 87.6 Å². The third-order valence-electron chi connectivity index (χ3n) is 9.46. The molecule has 2 heteroatoms. The number of fused-ring (bicyclic) bond motifs is 3.